The van der Waals surface area contributed by atoms with Crippen molar-refractivity contribution in [1.82, 2.24) is 4.90 Å². The molecular formula is C15H27NO2. The molecule has 104 valence electrons. The second kappa shape index (κ2) is 6.37. The van der Waals surface area contributed by atoms with E-state index in [-0.39, 0.29) is 6.54 Å². The van der Waals surface area contributed by atoms with E-state index in [2.05, 4.69) is 27.4 Å². The molecule has 1 aliphatic rings. The molecule has 0 spiro atoms. The van der Waals surface area contributed by atoms with Gasteiger partial charge in [0.1, 0.15) is 0 Å². The third-order valence-corrected chi connectivity index (χ3v) is 4.14. The molecule has 0 atom stereocenters. The number of hydrogen-bond donors (Lipinski definition) is 1. The van der Waals surface area contributed by atoms with E-state index in [0.717, 1.165) is 18.8 Å². The van der Waals surface area contributed by atoms with Gasteiger partial charge in [0.2, 0.25) is 0 Å². The van der Waals surface area contributed by atoms with Gasteiger partial charge in [0, 0.05) is 12.6 Å². The Bertz CT molecular complexity index is 285. The normalized spacial score (nSPS) is 25.1. The maximum absolute atomic E-state index is 10.9. The Morgan fingerprint density at radius 1 is 1.33 bits per heavy atom. The first kappa shape index (κ1) is 15.2. The van der Waals surface area contributed by atoms with Gasteiger partial charge < -0.3 is 5.11 Å². The molecule has 0 aromatic carbocycles. The van der Waals surface area contributed by atoms with Crippen molar-refractivity contribution >= 4 is 5.97 Å². The van der Waals surface area contributed by atoms with E-state index in [1.807, 2.05) is 4.90 Å². The summed E-state index contributed by atoms with van der Waals surface area (Å²) >= 11 is 0. The minimum atomic E-state index is -0.741. The maximum atomic E-state index is 10.9. The molecule has 1 N–H and O–H groups in total. The predicted octanol–water partition coefficient (Wildman–Crippen LogP) is 3.16. The molecule has 0 radical (unpaired) electrons. The standard InChI is InChI=1S/C15H27NO2/c1-5-10-16(11-14(17)18)13-8-6-12(7-9-13)15(2,3)4/h5,12-13H,1,6-11H2,2-4H3,(H,17,18). The number of aliphatic carboxylic acids is 1. The number of hydrogen-bond acceptors (Lipinski definition) is 2. The fourth-order valence-electron chi connectivity index (χ4n) is 2.99. The minimum Gasteiger partial charge on any atom is -0.480 e. The number of carbonyl (C=O) groups is 1. The van der Waals surface area contributed by atoms with Crippen LogP contribution in [0.4, 0.5) is 0 Å². The van der Waals surface area contributed by atoms with E-state index in [4.69, 9.17) is 5.11 Å². The zero-order chi connectivity index (χ0) is 13.8. The Balaban J connectivity index is 2.53. The highest BCUT2D eigenvalue weighted by atomic mass is 16.4. The van der Waals surface area contributed by atoms with Crippen LogP contribution in [0.3, 0.4) is 0 Å². The highest BCUT2D eigenvalue weighted by Crippen LogP contribution is 2.38. The lowest BCUT2D eigenvalue weighted by Crippen LogP contribution is -2.42. The molecule has 0 aromatic rings. The van der Waals surface area contributed by atoms with Gasteiger partial charge >= 0.3 is 5.97 Å². The summed E-state index contributed by atoms with van der Waals surface area (Å²) in [5, 5.41) is 8.95. The first-order valence-electron chi connectivity index (χ1n) is 6.91. The second-order valence-electron chi connectivity index (χ2n) is 6.48. The first-order chi connectivity index (χ1) is 8.34. The molecule has 1 rings (SSSR count). The summed E-state index contributed by atoms with van der Waals surface area (Å²) in [5.74, 6) is 0.0268. The van der Waals surface area contributed by atoms with E-state index in [1.54, 1.807) is 6.08 Å². The third kappa shape index (κ3) is 4.45. The summed E-state index contributed by atoms with van der Waals surface area (Å²) in [7, 11) is 0. The van der Waals surface area contributed by atoms with Crippen molar-refractivity contribution in [2.75, 3.05) is 13.1 Å². The molecule has 18 heavy (non-hydrogen) atoms. The summed E-state index contributed by atoms with van der Waals surface area (Å²) in [6.45, 7) is 11.4. The summed E-state index contributed by atoms with van der Waals surface area (Å²) < 4.78 is 0. The number of carboxylic acid groups (broad SMARTS) is 1. The van der Waals surface area contributed by atoms with E-state index in [9.17, 15) is 4.79 Å². The van der Waals surface area contributed by atoms with Gasteiger partial charge in [-0.15, -0.1) is 6.58 Å². The van der Waals surface area contributed by atoms with E-state index >= 15 is 0 Å². The Morgan fingerprint density at radius 3 is 2.28 bits per heavy atom. The number of rotatable bonds is 5. The lowest BCUT2D eigenvalue weighted by Gasteiger charge is -2.40. The topological polar surface area (TPSA) is 40.5 Å². The van der Waals surface area contributed by atoms with Crippen LogP contribution in [0.1, 0.15) is 46.5 Å². The van der Waals surface area contributed by atoms with E-state index in [1.165, 1.54) is 12.8 Å². The molecule has 1 fully saturated rings. The Hall–Kier alpha value is -0.830. The molecule has 0 saturated heterocycles. The van der Waals surface area contributed by atoms with Crippen molar-refractivity contribution in [2.24, 2.45) is 11.3 Å². The van der Waals surface area contributed by atoms with Crippen LogP contribution in [0.5, 0.6) is 0 Å². The molecular weight excluding hydrogens is 226 g/mol. The Morgan fingerprint density at radius 2 is 1.89 bits per heavy atom. The zero-order valence-electron chi connectivity index (χ0n) is 12.0. The highest BCUT2D eigenvalue weighted by molar-refractivity contribution is 5.69. The monoisotopic (exact) mass is 253 g/mol. The quantitative estimate of drug-likeness (QED) is 0.765. The maximum Gasteiger partial charge on any atom is 0.317 e. The minimum absolute atomic E-state index is 0.136. The first-order valence-corrected chi connectivity index (χ1v) is 6.91. The van der Waals surface area contributed by atoms with Crippen LogP contribution in [0.15, 0.2) is 12.7 Å². The van der Waals surface area contributed by atoms with Gasteiger partial charge in [0.05, 0.1) is 6.54 Å². The molecule has 0 unspecified atom stereocenters. The van der Waals surface area contributed by atoms with Gasteiger partial charge in [-0.2, -0.15) is 0 Å². The summed E-state index contributed by atoms with van der Waals surface area (Å²) in [5.41, 5.74) is 0.376. The van der Waals surface area contributed by atoms with Gasteiger partial charge in [0.25, 0.3) is 0 Å². The summed E-state index contributed by atoms with van der Waals surface area (Å²) in [6.07, 6.45) is 6.45. The number of carboxylic acids is 1. The molecule has 0 bridgehead atoms. The van der Waals surface area contributed by atoms with Crippen molar-refractivity contribution in [3.8, 4) is 0 Å². The average molecular weight is 253 g/mol. The van der Waals surface area contributed by atoms with Gasteiger partial charge in [-0.3, -0.25) is 9.69 Å². The summed E-state index contributed by atoms with van der Waals surface area (Å²) in [6, 6.07) is 0.415. The zero-order valence-corrected chi connectivity index (χ0v) is 12.0. The lowest BCUT2D eigenvalue weighted by atomic mass is 9.71. The molecule has 0 amide bonds. The van der Waals surface area contributed by atoms with Crippen LogP contribution >= 0.6 is 0 Å². The number of nitrogens with zero attached hydrogens (tertiary/aromatic N) is 1. The van der Waals surface area contributed by atoms with E-state index < -0.39 is 5.97 Å². The molecule has 0 aliphatic heterocycles. The van der Waals surface area contributed by atoms with Gasteiger partial charge in [0.15, 0.2) is 0 Å². The lowest BCUT2D eigenvalue weighted by molar-refractivity contribution is -0.139. The second-order valence-corrected chi connectivity index (χ2v) is 6.48. The van der Waals surface area contributed by atoms with Crippen molar-refractivity contribution in [1.29, 1.82) is 0 Å². The van der Waals surface area contributed by atoms with Crippen molar-refractivity contribution in [3.05, 3.63) is 12.7 Å². The van der Waals surface area contributed by atoms with Gasteiger partial charge in [-0.05, 0) is 37.0 Å². The Kier molecular flexibility index (Phi) is 5.39. The van der Waals surface area contributed by atoms with E-state index in [0.29, 0.717) is 18.0 Å². The molecule has 1 saturated carbocycles. The van der Waals surface area contributed by atoms with Crippen LogP contribution in [-0.4, -0.2) is 35.1 Å². The van der Waals surface area contributed by atoms with Crippen molar-refractivity contribution in [3.63, 3.8) is 0 Å². The van der Waals surface area contributed by atoms with Crippen LogP contribution < -0.4 is 0 Å². The predicted molar refractivity (Wildman–Crippen MR) is 74.6 cm³/mol. The SMILES string of the molecule is C=CCN(CC(=O)O)C1CCC(C(C)(C)C)CC1. The molecule has 1 aliphatic carbocycles. The van der Waals surface area contributed by atoms with Gasteiger partial charge in [-0.25, -0.2) is 0 Å². The van der Waals surface area contributed by atoms with Crippen LogP contribution in [0.2, 0.25) is 0 Å². The highest BCUT2D eigenvalue weighted by Gasteiger charge is 2.32. The van der Waals surface area contributed by atoms with Crippen molar-refractivity contribution < 1.29 is 9.90 Å². The van der Waals surface area contributed by atoms with Crippen LogP contribution in [0.25, 0.3) is 0 Å². The fraction of sp³-hybridized carbons (Fsp3) is 0.800. The van der Waals surface area contributed by atoms with Crippen LogP contribution in [-0.2, 0) is 4.79 Å². The molecule has 0 aromatic heterocycles. The smallest absolute Gasteiger partial charge is 0.317 e. The average Bonchev–Trinajstić information content (AvgIpc) is 2.27. The van der Waals surface area contributed by atoms with Gasteiger partial charge in [-0.1, -0.05) is 26.8 Å². The third-order valence-electron chi connectivity index (χ3n) is 4.14. The Labute approximate surface area is 111 Å². The summed E-state index contributed by atoms with van der Waals surface area (Å²) in [4.78, 5) is 12.9. The largest absolute Gasteiger partial charge is 0.480 e. The molecule has 3 heteroatoms. The molecule has 3 nitrogen and oxygen atoms in total. The molecule has 0 heterocycles. The fourth-order valence-corrected chi connectivity index (χ4v) is 2.99. The van der Waals surface area contributed by atoms with Crippen LogP contribution in [0, 0.1) is 11.3 Å². The van der Waals surface area contributed by atoms with Crippen molar-refractivity contribution in [2.45, 2.75) is 52.5 Å².